The number of aliphatic hydroxyl groups is 1. The van der Waals surface area contributed by atoms with Gasteiger partial charge in [0.05, 0.1) is 16.4 Å². The number of hydrogen-bond donors (Lipinski definition) is 1. The van der Waals surface area contributed by atoms with Crippen LogP contribution in [0.5, 0.6) is 0 Å². The number of nitrogens with zero attached hydrogens (tertiary/aromatic N) is 1. The van der Waals surface area contributed by atoms with Crippen molar-refractivity contribution in [3.63, 3.8) is 0 Å². The highest BCUT2D eigenvalue weighted by Crippen LogP contribution is 2.22. The molecule has 5 nitrogen and oxygen atoms in total. The Morgan fingerprint density at radius 1 is 1.50 bits per heavy atom. The third-order valence-corrected chi connectivity index (χ3v) is 3.57. The molecule has 1 aromatic heterocycles. The Labute approximate surface area is 122 Å². The highest BCUT2D eigenvalue weighted by atomic mass is 32.1. The van der Waals surface area contributed by atoms with Gasteiger partial charge in [0.2, 0.25) is 0 Å². The molecule has 1 rings (SSSR count). The number of ether oxygens (including phenoxy) is 1. The molecule has 0 radical (unpaired) electrons. The molecule has 0 atom stereocenters. The fourth-order valence-electron chi connectivity index (χ4n) is 1.49. The minimum atomic E-state index is -0.433. The quantitative estimate of drug-likeness (QED) is 0.665. The number of rotatable bonds is 4. The molecule has 0 bridgehead atoms. The maximum absolute atomic E-state index is 12.2. The Kier molecular flexibility index (Phi) is 6.22. The number of amides is 1. The van der Waals surface area contributed by atoms with Gasteiger partial charge in [0.15, 0.2) is 0 Å². The molecule has 108 valence electrons. The van der Waals surface area contributed by atoms with E-state index in [2.05, 4.69) is 11.8 Å². The van der Waals surface area contributed by atoms with E-state index in [1.54, 1.807) is 20.0 Å². The van der Waals surface area contributed by atoms with Crippen LogP contribution in [-0.4, -0.2) is 48.7 Å². The smallest absolute Gasteiger partial charge is 0.325 e. The predicted octanol–water partition coefficient (Wildman–Crippen LogP) is 1.04. The summed E-state index contributed by atoms with van der Waals surface area (Å²) in [6.45, 7) is 3.55. The van der Waals surface area contributed by atoms with Crippen molar-refractivity contribution in [2.45, 2.75) is 13.8 Å². The maximum Gasteiger partial charge on any atom is 0.325 e. The molecule has 6 heteroatoms. The van der Waals surface area contributed by atoms with Crippen molar-refractivity contribution in [1.29, 1.82) is 0 Å². The van der Waals surface area contributed by atoms with E-state index in [1.165, 1.54) is 16.2 Å². The lowest BCUT2D eigenvalue weighted by Crippen LogP contribution is -2.32. The van der Waals surface area contributed by atoms with Crippen molar-refractivity contribution in [2.75, 3.05) is 26.8 Å². The summed E-state index contributed by atoms with van der Waals surface area (Å²) in [5.74, 6) is 4.67. The molecule has 0 aromatic carbocycles. The molecule has 0 aliphatic rings. The second kappa shape index (κ2) is 7.68. The molecule has 0 saturated heterocycles. The van der Waals surface area contributed by atoms with Gasteiger partial charge in [-0.05, 0) is 25.5 Å². The Morgan fingerprint density at radius 3 is 2.80 bits per heavy atom. The molecule has 0 aliphatic carbocycles. The number of esters is 1. The first-order valence-electron chi connectivity index (χ1n) is 6.10. The van der Waals surface area contributed by atoms with E-state index in [9.17, 15) is 9.59 Å². The van der Waals surface area contributed by atoms with Crippen LogP contribution in [0.25, 0.3) is 0 Å². The Balaban J connectivity index is 2.79. The summed E-state index contributed by atoms with van der Waals surface area (Å²) in [5.41, 5.74) is 0.879. The molecule has 0 spiro atoms. The third kappa shape index (κ3) is 4.37. The summed E-state index contributed by atoms with van der Waals surface area (Å²) < 4.78 is 4.80. The molecule has 1 aromatic rings. The summed E-state index contributed by atoms with van der Waals surface area (Å²) >= 11 is 1.25. The lowest BCUT2D eigenvalue weighted by Gasteiger charge is -2.14. The standard InChI is InChI=1S/C14H17NO4S/c1-4-19-13(17)9-15(3)14(18)12-8-10(2)11(20-12)6-5-7-16/h8,16H,4,7,9H2,1-3H3. The predicted molar refractivity (Wildman–Crippen MR) is 76.6 cm³/mol. The monoisotopic (exact) mass is 295 g/mol. The molecule has 1 amide bonds. The zero-order chi connectivity index (χ0) is 15.1. The largest absolute Gasteiger partial charge is 0.465 e. The van der Waals surface area contributed by atoms with Gasteiger partial charge >= 0.3 is 5.97 Å². The van der Waals surface area contributed by atoms with Crippen LogP contribution in [-0.2, 0) is 9.53 Å². The first-order chi connectivity index (χ1) is 9.49. The Morgan fingerprint density at radius 2 is 2.20 bits per heavy atom. The van der Waals surface area contributed by atoms with Crippen molar-refractivity contribution in [3.8, 4) is 11.8 Å². The van der Waals surface area contributed by atoms with Crippen LogP contribution in [0.3, 0.4) is 0 Å². The van der Waals surface area contributed by atoms with Crippen LogP contribution in [0.4, 0.5) is 0 Å². The van der Waals surface area contributed by atoms with Gasteiger partial charge in [0, 0.05) is 7.05 Å². The summed E-state index contributed by atoms with van der Waals surface area (Å²) in [7, 11) is 1.55. The maximum atomic E-state index is 12.2. The van der Waals surface area contributed by atoms with Gasteiger partial charge in [-0.15, -0.1) is 11.3 Å². The number of carbonyl (C=O) groups is 2. The highest BCUT2D eigenvalue weighted by molar-refractivity contribution is 7.14. The third-order valence-electron chi connectivity index (χ3n) is 2.43. The van der Waals surface area contributed by atoms with Crippen molar-refractivity contribution in [2.24, 2.45) is 0 Å². The van der Waals surface area contributed by atoms with Crippen LogP contribution < -0.4 is 0 Å². The van der Waals surface area contributed by atoms with Crippen LogP contribution in [0, 0.1) is 18.8 Å². The summed E-state index contributed by atoms with van der Waals surface area (Å²) in [4.78, 5) is 26.1. The summed E-state index contributed by atoms with van der Waals surface area (Å²) in [6, 6.07) is 1.73. The first-order valence-corrected chi connectivity index (χ1v) is 6.92. The second-order valence-corrected chi connectivity index (χ2v) is 5.10. The van der Waals surface area contributed by atoms with E-state index in [1.807, 2.05) is 6.92 Å². The first kappa shape index (κ1) is 16.2. The molecule has 0 saturated carbocycles. The van der Waals surface area contributed by atoms with Crippen LogP contribution >= 0.6 is 11.3 Å². The Hall–Kier alpha value is -1.84. The van der Waals surface area contributed by atoms with Crippen LogP contribution in [0.1, 0.15) is 27.0 Å². The number of aryl methyl sites for hydroxylation is 1. The average molecular weight is 295 g/mol. The fraction of sp³-hybridized carbons (Fsp3) is 0.429. The van der Waals surface area contributed by atoms with Crippen LogP contribution in [0.2, 0.25) is 0 Å². The molecule has 0 unspecified atom stereocenters. The topological polar surface area (TPSA) is 66.8 Å². The normalized spacial score (nSPS) is 9.60. The molecular weight excluding hydrogens is 278 g/mol. The van der Waals surface area contributed by atoms with Gasteiger partial charge in [-0.2, -0.15) is 0 Å². The van der Waals surface area contributed by atoms with E-state index in [0.29, 0.717) is 11.5 Å². The zero-order valence-electron chi connectivity index (χ0n) is 11.7. The molecule has 1 heterocycles. The lowest BCUT2D eigenvalue weighted by atomic mass is 10.2. The number of carbonyl (C=O) groups excluding carboxylic acids is 2. The average Bonchev–Trinajstić information content (AvgIpc) is 2.77. The SMILES string of the molecule is CCOC(=O)CN(C)C(=O)c1cc(C)c(C#CCO)s1. The van der Waals surface area contributed by atoms with E-state index in [4.69, 9.17) is 9.84 Å². The highest BCUT2D eigenvalue weighted by Gasteiger charge is 2.18. The van der Waals surface area contributed by atoms with E-state index in [-0.39, 0.29) is 19.1 Å². The Bertz CT molecular complexity index is 553. The van der Waals surface area contributed by atoms with Crippen molar-refractivity contribution >= 4 is 23.2 Å². The van der Waals surface area contributed by atoms with E-state index >= 15 is 0 Å². The minimum Gasteiger partial charge on any atom is -0.465 e. The molecule has 1 N–H and O–H groups in total. The van der Waals surface area contributed by atoms with Crippen molar-refractivity contribution in [1.82, 2.24) is 4.90 Å². The molecule has 0 aliphatic heterocycles. The molecule has 0 fully saturated rings. The zero-order valence-corrected chi connectivity index (χ0v) is 12.5. The fourth-order valence-corrected chi connectivity index (χ4v) is 2.53. The van der Waals surface area contributed by atoms with Crippen LogP contribution in [0.15, 0.2) is 6.07 Å². The lowest BCUT2D eigenvalue weighted by molar-refractivity contribution is -0.143. The minimum absolute atomic E-state index is 0.0821. The number of likely N-dealkylation sites (N-methyl/N-ethyl adjacent to an activating group) is 1. The molecule has 20 heavy (non-hydrogen) atoms. The number of aliphatic hydroxyl groups excluding tert-OH is 1. The van der Waals surface area contributed by atoms with Gasteiger partial charge in [0.25, 0.3) is 5.91 Å². The summed E-state index contributed by atoms with van der Waals surface area (Å²) in [6.07, 6.45) is 0. The van der Waals surface area contributed by atoms with E-state index < -0.39 is 5.97 Å². The van der Waals surface area contributed by atoms with Crippen molar-refractivity contribution < 1.29 is 19.4 Å². The second-order valence-electron chi connectivity index (χ2n) is 4.05. The van der Waals surface area contributed by atoms with Gasteiger partial charge < -0.3 is 14.7 Å². The number of thiophene rings is 1. The van der Waals surface area contributed by atoms with Gasteiger partial charge in [0.1, 0.15) is 13.2 Å². The summed E-state index contributed by atoms with van der Waals surface area (Å²) in [5, 5.41) is 8.68. The van der Waals surface area contributed by atoms with Gasteiger partial charge in [-0.3, -0.25) is 9.59 Å². The van der Waals surface area contributed by atoms with Gasteiger partial charge in [-0.1, -0.05) is 11.8 Å². The van der Waals surface area contributed by atoms with Crippen molar-refractivity contribution in [3.05, 3.63) is 21.4 Å². The van der Waals surface area contributed by atoms with E-state index in [0.717, 1.165) is 10.4 Å². The molecular formula is C14H17NO4S. The van der Waals surface area contributed by atoms with Gasteiger partial charge in [-0.25, -0.2) is 0 Å². The number of hydrogen-bond acceptors (Lipinski definition) is 5.